The van der Waals surface area contributed by atoms with E-state index in [2.05, 4.69) is 20.5 Å². The number of benzene rings is 3. The molecule has 0 saturated heterocycles. The number of hydrogen-bond donors (Lipinski definition) is 3. The number of amides is 1. The van der Waals surface area contributed by atoms with Crippen LogP contribution in [-0.4, -0.2) is 37.6 Å². The summed E-state index contributed by atoms with van der Waals surface area (Å²) in [4.78, 5) is 13.1. The quantitative estimate of drug-likeness (QED) is 0.273. The normalized spacial score (nSPS) is 16.7. The molecular weight excluding hydrogens is 528 g/mol. The van der Waals surface area contributed by atoms with Crippen molar-refractivity contribution in [2.45, 2.75) is 29.8 Å². The molecule has 0 bridgehead atoms. The second-order valence-electron chi connectivity index (χ2n) is 8.88. The lowest BCUT2D eigenvalue weighted by Gasteiger charge is -2.32. The number of alkyl halides is 2. The molecule has 0 spiro atoms. The van der Waals surface area contributed by atoms with Gasteiger partial charge in [-0.1, -0.05) is 42.5 Å². The van der Waals surface area contributed by atoms with Gasteiger partial charge in [-0.2, -0.15) is 5.10 Å². The highest BCUT2D eigenvalue weighted by molar-refractivity contribution is 7.92. The molecule has 1 aromatic heterocycles. The third-order valence-electron chi connectivity index (χ3n) is 6.41. The zero-order valence-electron chi connectivity index (χ0n) is 20.7. The van der Waals surface area contributed by atoms with Crippen molar-refractivity contribution in [1.82, 2.24) is 9.78 Å². The predicted octanol–water partition coefficient (Wildman–Crippen LogP) is 5.31. The van der Waals surface area contributed by atoms with Gasteiger partial charge in [-0.05, 0) is 48.4 Å². The number of rotatable bonds is 8. The summed E-state index contributed by atoms with van der Waals surface area (Å²) < 4.78 is 62.3. The van der Waals surface area contributed by atoms with Crippen LogP contribution in [0.4, 0.5) is 26.0 Å². The summed E-state index contributed by atoms with van der Waals surface area (Å²) >= 11 is 0. The van der Waals surface area contributed by atoms with E-state index in [1.54, 1.807) is 24.3 Å². The molecule has 202 valence electrons. The molecular formula is C27H25F2N5O4S. The summed E-state index contributed by atoms with van der Waals surface area (Å²) in [7, 11) is -2.49. The minimum Gasteiger partial charge on any atom is -0.495 e. The number of aromatic nitrogens is 2. The van der Waals surface area contributed by atoms with E-state index in [0.717, 1.165) is 10.2 Å². The molecule has 2 heterocycles. The number of anilines is 3. The fourth-order valence-electron chi connectivity index (χ4n) is 4.45. The molecule has 12 heteroatoms. The molecule has 2 atom stereocenters. The number of nitrogens with one attached hydrogen (secondary N) is 3. The van der Waals surface area contributed by atoms with Crippen molar-refractivity contribution in [2.75, 3.05) is 22.5 Å². The van der Waals surface area contributed by atoms with Gasteiger partial charge in [-0.3, -0.25) is 9.52 Å². The van der Waals surface area contributed by atoms with Crippen LogP contribution in [0.1, 0.15) is 34.4 Å². The lowest BCUT2D eigenvalue weighted by molar-refractivity contribution is 0.0657. The van der Waals surface area contributed by atoms with Crippen LogP contribution in [0.2, 0.25) is 0 Å². The number of para-hydroxylation sites is 2. The molecule has 5 rings (SSSR count). The van der Waals surface area contributed by atoms with Crippen LogP contribution < -0.4 is 20.1 Å². The molecule has 3 N–H and O–H groups in total. The first-order valence-corrected chi connectivity index (χ1v) is 13.5. The van der Waals surface area contributed by atoms with Crippen molar-refractivity contribution in [3.8, 4) is 5.75 Å². The van der Waals surface area contributed by atoms with Gasteiger partial charge in [0.15, 0.2) is 0 Å². The smallest absolute Gasteiger partial charge is 0.262 e. The van der Waals surface area contributed by atoms with Crippen LogP contribution in [0.25, 0.3) is 0 Å². The van der Waals surface area contributed by atoms with E-state index in [1.807, 2.05) is 30.3 Å². The van der Waals surface area contributed by atoms with E-state index < -0.39 is 34.4 Å². The number of carbonyl (C=O) groups excluding carboxylic acids is 1. The SMILES string of the molecule is COc1ccccc1NS(=O)(=O)c1ccc(NC(=O)c2cnn3c2N[C@@H](c2ccccc2)C[C@@H]3C(F)F)cc1. The Kier molecular flexibility index (Phi) is 7.20. The van der Waals surface area contributed by atoms with E-state index in [-0.39, 0.29) is 28.4 Å². The molecule has 3 aromatic carbocycles. The standard InChI is InChI=1S/C27H25F2N5O4S/c1-38-24-10-6-5-9-21(24)33-39(36,37)19-13-11-18(12-14-19)31-27(35)20-16-30-34-23(25(28)29)15-22(32-26(20)34)17-7-3-2-4-8-17/h2-14,16,22-23,25,32-33H,15H2,1H3,(H,31,35)/t22-,23-/m1/s1. The number of fused-ring (bicyclic) bond motifs is 1. The zero-order chi connectivity index (χ0) is 27.6. The topological polar surface area (TPSA) is 114 Å². The van der Waals surface area contributed by atoms with Gasteiger partial charge in [0.05, 0.1) is 29.9 Å². The highest BCUT2D eigenvalue weighted by Crippen LogP contribution is 2.39. The Morgan fingerprint density at radius 1 is 1.05 bits per heavy atom. The molecule has 9 nitrogen and oxygen atoms in total. The first kappa shape index (κ1) is 26.2. The molecule has 39 heavy (non-hydrogen) atoms. The summed E-state index contributed by atoms with van der Waals surface area (Å²) in [6, 6.07) is 19.7. The van der Waals surface area contributed by atoms with E-state index in [0.29, 0.717) is 11.4 Å². The maximum atomic E-state index is 13.9. The number of hydrogen-bond acceptors (Lipinski definition) is 6. The van der Waals surface area contributed by atoms with Crippen molar-refractivity contribution in [1.29, 1.82) is 0 Å². The Bertz CT molecular complexity index is 1580. The van der Waals surface area contributed by atoms with Gasteiger partial charge >= 0.3 is 0 Å². The largest absolute Gasteiger partial charge is 0.495 e. The van der Waals surface area contributed by atoms with Crippen molar-refractivity contribution >= 4 is 33.1 Å². The fraction of sp³-hybridized carbons (Fsp3) is 0.185. The van der Waals surface area contributed by atoms with Crippen LogP contribution in [0, 0.1) is 0 Å². The second-order valence-corrected chi connectivity index (χ2v) is 10.6. The first-order chi connectivity index (χ1) is 18.8. The van der Waals surface area contributed by atoms with Gasteiger partial charge in [-0.15, -0.1) is 0 Å². The van der Waals surface area contributed by atoms with Gasteiger partial charge in [0.2, 0.25) is 0 Å². The van der Waals surface area contributed by atoms with Crippen LogP contribution in [0.3, 0.4) is 0 Å². The molecule has 4 aromatic rings. The molecule has 0 radical (unpaired) electrons. The maximum Gasteiger partial charge on any atom is 0.262 e. The van der Waals surface area contributed by atoms with Crippen LogP contribution in [0.5, 0.6) is 5.75 Å². The van der Waals surface area contributed by atoms with E-state index in [1.165, 1.54) is 37.6 Å². The van der Waals surface area contributed by atoms with E-state index >= 15 is 0 Å². The van der Waals surface area contributed by atoms with Crippen molar-refractivity contribution in [3.63, 3.8) is 0 Å². The molecule has 0 unspecified atom stereocenters. The average molecular weight is 554 g/mol. The van der Waals surface area contributed by atoms with Gasteiger partial charge in [0.25, 0.3) is 22.4 Å². The number of carbonyl (C=O) groups is 1. The zero-order valence-corrected chi connectivity index (χ0v) is 21.5. The van der Waals surface area contributed by atoms with Gasteiger partial charge in [-0.25, -0.2) is 21.9 Å². The molecule has 0 fully saturated rings. The van der Waals surface area contributed by atoms with Crippen LogP contribution >= 0.6 is 0 Å². The highest BCUT2D eigenvalue weighted by Gasteiger charge is 2.36. The molecule has 1 aliphatic heterocycles. The summed E-state index contributed by atoms with van der Waals surface area (Å²) in [6.07, 6.45) is -1.32. The van der Waals surface area contributed by atoms with Crippen molar-refractivity contribution in [2.24, 2.45) is 0 Å². The van der Waals surface area contributed by atoms with Crippen LogP contribution in [-0.2, 0) is 10.0 Å². The summed E-state index contributed by atoms with van der Waals surface area (Å²) in [5.41, 5.74) is 1.51. The van der Waals surface area contributed by atoms with E-state index in [9.17, 15) is 22.0 Å². The summed E-state index contributed by atoms with van der Waals surface area (Å²) in [6.45, 7) is 0. The Labute approximate surface area is 223 Å². The Balaban J connectivity index is 1.34. The molecule has 1 aliphatic rings. The number of ether oxygens (including phenoxy) is 1. The lowest BCUT2D eigenvalue weighted by atomic mass is 9.97. The summed E-state index contributed by atoms with van der Waals surface area (Å²) in [5, 5.41) is 9.93. The number of nitrogens with zero attached hydrogens (tertiary/aromatic N) is 2. The molecule has 0 aliphatic carbocycles. The highest BCUT2D eigenvalue weighted by atomic mass is 32.2. The lowest BCUT2D eigenvalue weighted by Crippen LogP contribution is -2.31. The van der Waals surface area contributed by atoms with Crippen LogP contribution in [0.15, 0.2) is 90.0 Å². The number of sulfonamides is 1. The van der Waals surface area contributed by atoms with Crippen molar-refractivity contribution in [3.05, 3.63) is 96.2 Å². The Morgan fingerprint density at radius 2 is 1.74 bits per heavy atom. The second kappa shape index (κ2) is 10.7. The predicted molar refractivity (Wildman–Crippen MR) is 143 cm³/mol. The fourth-order valence-corrected chi connectivity index (χ4v) is 5.52. The number of methoxy groups -OCH3 is 1. The summed E-state index contributed by atoms with van der Waals surface area (Å²) in [5.74, 6) is -0.0157. The van der Waals surface area contributed by atoms with Gasteiger partial charge < -0.3 is 15.4 Å². The van der Waals surface area contributed by atoms with E-state index in [4.69, 9.17) is 4.74 Å². The molecule has 0 saturated carbocycles. The Morgan fingerprint density at radius 3 is 2.44 bits per heavy atom. The van der Waals surface area contributed by atoms with Gasteiger partial charge in [0, 0.05) is 5.69 Å². The maximum absolute atomic E-state index is 13.9. The minimum absolute atomic E-state index is 0.0264. The third kappa shape index (κ3) is 5.41. The average Bonchev–Trinajstić information content (AvgIpc) is 3.37. The Hall–Kier alpha value is -4.45. The monoisotopic (exact) mass is 553 g/mol. The third-order valence-corrected chi connectivity index (χ3v) is 7.79. The number of halogens is 2. The first-order valence-electron chi connectivity index (χ1n) is 12.0. The van der Waals surface area contributed by atoms with Crippen molar-refractivity contribution < 1.29 is 26.7 Å². The molecule has 1 amide bonds. The minimum atomic E-state index is -3.93. The van der Waals surface area contributed by atoms with Gasteiger partial charge in [0.1, 0.15) is 23.2 Å².